The van der Waals surface area contributed by atoms with Gasteiger partial charge in [0.2, 0.25) is 11.8 Å². The molecule has 1 aliphatic rings. The average Bonchev–Trinajstić information content (AvgIpc) is 2.45. The highest BCUT2D eigenvalue weighted by molar-refractivity contribution is 5.33. The summed E-state index contributed by atoms with van der Waals surface area (Å²) >= 11 is 0. The quantitative estimate of drug-likeness (QED) is 0.881. The van der Waals surface area contributed by atoms with Gasteiger partial charge in [-0.1, -0.05) is 19.8 Å². The van der Waals surface area contributed by atoms with Crippen LogP contribution in [-0.2, 0) is 0 Å². The number of aromatic nitrogens is 2. The molecule has 1 saturated carbocycles. The topological polar surface area (TPSA) is 64.3 Å². The fraction of sp³-hybridized carbons (Fsp3) is 0.714. The van der Waals surface area contributed by atoms with Crippen LogP contribution in [-0.4, -0.2) is 35.7 Å². The van der Waals surface area contributed by atoms with Gasteiger partial charge in [-0.25, -0.2) is 4.98 Å². The molecule has 0 aliphatic heterocycles. The SMILES string of the molecule is CCCOc1ccnc(N(C)C2CCCCC2N)n1. The van der Waals surface area contributed by atoms with Crippen molar-refractivity contribution in [3.63, 3.8) is 0 Å². The van der Waals surface area contributed by atoms with Crippen molar-refractivity contribution in [1.82, 2.24) is 9.97 Å². The lowest BCUT2D eigenvalue weighted by atomic mass is 9.90. The maximum absolute atomic E-state index is 6.21. The van der Waals surface area contributed by atoms with Gasteiger partial charge in [0, 0.05) is 31.4 Å². The fourth-order valence-electron chi connectivity index (χ4n) is 2.56. The first kappa shape index (κ1) is 14.1. The maximum atomic E-state index is 6.21. The third-order valence-electron chi connectivity index (χ3n) is 3.67. The highest BCUT2D eigenvalue weighted by Gasteiger charge is 2.27. The molecule has 1 aliphatic carbocycles. The Morgan fingerprint density at radius 3 is 2.95 bits per heavy atom. The summed E-state index contributed by atoms with van der Waals surface area (Å²) in [5.41, 5.74) is 6.21. The number of rotatable bonds is 5. The van der Waals surface area contributed by atoms with Gasteiger partial charge in [0.05, 0.1) is 6.61 Å². The number of likely N-dealkylation sites (N-methyl/N-ethyl adjacent to an activating group) is 1. The molecule has 0 bridgehead atoms. The third-order valence-corrected chi connectivity index (χ3v) is 3.67. The van der Waals surface area contributed by atoms with Gasteiger partial charge in [0.15, 0.2) is 0 Å². The Hall–Kier alpha value is -1.36. The highest BCUT2D eigenvalue weighted by Crippen LogP contribution is 2.24. The fourth-order valence-corrected chi connectivity index (χ4v) is 2.56. The van der Waals surface area contributed by atoms with Gasteiger partial charge in [-0.3, -0.25) is 0 Å². The summed E-state index contributed by atoms with van der Waals surface area (Å²) in [7, 11) is 2.02. The summed E-state index contributed by atoms with van der Waals surface area (Å²) < 4.78 is 5.55. The minimum atomic E-state index is 0.211. The number of anilines is 1. The van der Waals surface area contributed by atoms with Crippen LogP contribution in [0.1, 0.15) is 39.0 Å². The first-order valence-electron chi connectivity index (χ1n) is 7.16. The summed E-state index contributed by atoms with van der Waals surface area (Å²) in [5.74, 6) is 1.35. The molecule has 0 amide bonds. The van der Waals surface area contributed by atoms with E-state index in [9.17, 15) is 0 Å². The minimum Gasteiger partial charge on any atom is -0.478 e. The minimum absolute atomic E-state index is 0.211. The van der Waals surface area contributed by atoms with Gasteiger partial charge in [-0.15, -0.1) is 0 Å². The lowest BCUT2D eigenvalue weighted by molar-refractivity contribution is 0.304. The second-order valence-electron chi connectivity index (χ2n) is 5.17. The Morgan fingerprint density at radius 1 is 1.42 bits per heavy atom. The molecular formula is C14H24N4O. The molecule has 2 atom stereocenters. The lowest BCUT2D eigenvalue weighted by Gasteiger charge is -2.35. The Labute approximate surface area is 115 Å². The van der Waals surface area contributed by atoms with E-state index in [2.05, 4.69) is 21.8 Å². The van der Waals surface area contributed by atoms with Crippen molar-refractivity contribution in [2.45, 2.75) is 51.1 Å². The largest absolute Gasteiger partial charge is 0.478 e. The van der Waals surface area contributed by atoms with E-state index in [1.807, 2.05) is 7.05 Å². The van der Waals surface area contributed by atoms with E-state index in [4.69, 9.17) is 10.5 Å². The van der Waals surface area contributed by atoms with Crippen molar-refractivity contribution in [1.29, 1.82) is 0 Å². The van der Waals surface area contributed by atoms with Crippen molar-refractivity contribution in [2.75, 3.05) is 18.6 Å². The van der Waals surface area contributed by atoms with E-state index >= 15 is 0 Å². The van der Waals surface area contributed by atoms with Crippen molar-refractivity contribution in [2.24, 2.45) is 5.73 Å². The van der Waals surface area contributed by atoms with E-state index in [1.165, 1.54) is 12.8 Å². The number of hydrogen-bond acceptors (Lipinski definition) is 5. The van der Waals surface area contributed by atoms with Crippen molar-refractivity contribution >= 4 is 5.95 Å². The van der Waals surface area contributed by atoms with Gasteiger partial charge < -0.3 is 15.4 Å². The molecule has 1 heterocycles. The zero-order valence-corrected chi connectivity index (χ0v) is 11.9. The predicted octanol–water partition coefficient (Wildman–Crippen LogP) is 1.97. The Balaban J connectivity index is 2.07. The van der Waals surface area contributed by atoms with E-state index in [0.29, 0.717) is 24.5 Å². The number of hydrogen-bond donors (Lipinski definition) is 1. The molecular weight excluding hydrogens is 240 g/mol. The first-order valence-corrected chi connectivity index (χ1v) is 7.16. The smallest absolute Gasteiger partial charge is 0.228 e. The summed E-state index contributed by atoms with van der Waals surface area (Å²) in [6, 6.07) is 2.34. The molecule has 5 nitrogen and oxygen atoms in total. The predicted molar refractivity (Wildman–Crippen MR) is 76.5 cm³/mol. The van der Waals surface area contributed by atoms with E-state index < -0.39 is 0 Å². The Morgan fingerprint density at radius 2 is 2.21 bits per heavy atom. The molecule has 1 fully saturated rings. The van der Waals surface area contributed by atoms with Crippen LogP contribution < -0.4 is 15.4 Å². The first-order chi connectivity index (χ1) is 9.22. The van der Waals surface area contributed by atoms with Crippen molar-refractivity contribution in [3.05, 3.63) is 12.3 Å². The van der Waals surface area contributed by atoms with Crippen LogP contribution in [0.3, 0.4) is 0 Å². The highest BCUT2D eigenvalue weighted by atomic mass is 16.5. The standard InChI is InChI=1S/C14H24N4O/c1-3-10-19-13-8-9-16-14(17-13)18(2)12-7-5-4-6-11(12)15/h8-9,11-12H,3-7,10,15H2,1-2H3. The molecule has 0 aromatic carbocycles. The number of ether oxygens (including phenoxy) is 1. The van der Waals surface area contributed by atoms with Crippen LogP contribution in [0.2, 0.25) is 0 Å². The molecule has 0 saturated heterocycles. The van der Waals surface area contributed by atoms with Crippen LogP contribution in [0.4, 0.5) is 5.95 Å². The zero-order valence-electron chi connectivity index (χ0n) is 11.9. The maximum Gasteiger partial charge on any atom is 0.228 e. The van der Waals surface area contributed by atoms with E-state index in [-0.39, 0.29) is 6.04 Å². The summed E-state index contributed by atoms with van der Waals surface area (Å²) in [6.07, 6.45) is 7.38. The van der Waals surface area contributed by atoms with Gasteiger partial charge in [0.1, 0.15) is 0 Å². The molecule has 5 heteroatoms. The van der Waals surface area contributed by atoms with Crippen LogP contribution in [0.5, 0.6) is 5.88 Å². The summed E-state index contributed by atoms with van der Waals surface area (Å²) in [4.78, 5) is 10.9. The second kappa shape index (κ2) is 6.70. The van der Waals surface area contributed by atoms with Gasteiger partial charge >= 0.3 is 0 Å². The van der Waals surface area contributed by atoms with Gasteiger partial charge in [-0.2, -0.15) is 4.98 Å². The molecule has 2 N–H and O–H groups in total. The molecule has 2 unspecified atom stereocenters. The van der Waals surface area contributed by atoms with Crippen LogP contribution >= 0.6 is 0 Å². The van der Waals surface area contributed by atoms with E-state index in [1.54, 1.807) is 12.3 Å². The molecule has 19 heavy (non-hydrogen) atoms. The summed E-state index contributed by atoms with van der Waals surface area (Å²) in [5, 5.41) is 0. The number of nitrogens with two attached hydrogens (primary N) is 1. The second-order valence-corrected chi connectivity index (χ2v) is 5.17. The summed E-state index contributed by atoms with van der Waals surface area (Å²) in [6.45, 7) is 2.76. The van der Waals surface area contributed by atoms with E-state index in [0.717, 1.165) is 19.3 Å². The van der Waals surface area contributed by atoms with Crippen molar-refractivity contribution < 1.29 is 4.74 Å². The molecule has 1 aromatic heterocycles. The zero-order chi connectivity index (χ0) is 13.7. The van der Waals surface area contributed by atoms with Crippen molar-refractivity contribution in [3.8, 4) is 5.88 Å². The Kier molecular flexibility index (Phi) is 4.96. The van der Waals surface area contributed by atoms with Gasteiger partial charge in [0.25, 0.3) is 0 Å². The molecule has 0 spiro atoms. The lowest BCUT2D eigenvalue weighted by Crippen LogP contribution is -2.48. The molecule has 0 radical (unpaired) electrons. The van der Waals surface area contributed by atoms with Crippen LogP contribution in [0, 0.1) is 0 Å². The third kappa shape index (κ3) is 3.56. The van der Waals surface area contributed by atoms with Crippen LogP contribution in [0.25, 0.3) is 0 Å². The van der Waals surface area contributed by atoms with Crippen LogP contribution in [0.15, 0.2) is 12.3 Å². The average molecular weight is 264 g/mol. The normalized spacial score (nSPS) is 23.1. The van der Waals surface area contributed by atoms with Gasteiger partial charge in [-0.05, 0) is 19.3 Å². The Bertz CT molecular complexity index is 399. The molecule has 1 aromatic rings. The molecule has 2 rings (SSSR count). The molecule has 106 valence electrons. The number of nitrogens with zero attached hydrogens (tertiary/aromatic N) is 3. The monoisotopic (exact) mass is 264 g/mol.